The van der Waals surface area contributed by atoms with E-state index in [2.05, 4.69) is 36.3 Å². The van der Waals surface area contributed by atoms with Gasteiger partial charge in [-0.15, -0.1) is 0 Å². The van der Waals surface area contributed by atoms with Crippen LogP contribution in [-0.2, 0) is 20.2 Å². The molecule has 0 fully saturated rings. The standard InChI is InChI=1S/3HI.In.Na.Sc.2H/h3*1H;;;;;/q;;;3*+1;;/p-3. The molecular formula is H2I3InNaSc. The van der Waals surface area contributed by atoms with Gasteiger partial charge in [-0.05, 0) is 0 Å². The van der Waals surface area contributed by atoms with Crippen molar-refractivity contribution in [2.24, 2.45) is 0 Å². The van der Waals surface area contributed by atoms with Crippen LogP contribution in [0.15, 0.2) is 0 Å². The van der Waals surface area contributed by atoms with Gasteiger partial charge >= 0.3 is 106 Å². The summed E-state index contributed by atoms with van der Waals surface area (Å²) in [6.07, 6.45) is 0. The van der Waals surface area contributed by atoms with E-state index >= 15 is 0 Å². The van der Waals surface area contributed by atoms with E-state index < -0.39 is 0 Å². The molecule has 0 spiro atoms. The van der Waals surface area contributed by atoms with Gasteiger partial charge in [0.2, 0.25) is 0 Å². The van der Waals surface area contributed by atoms with Gasteiger partial charge in [-0.1, -0.05) is 0 Å². The van der Waals surface area contributed by atoms with E-state index in [1.165, 1.54) is 0 Å². The van der Waals surface area contributed by atoms with Gasteiger partial charge in [0, 0.05) is 0 Å². The first kappa shape index (κ1) is 22.4. The summed E-state index contributed by atoms with van der Waals surface area (Å²) in [6, 6.07) is 0. The molecule has 0 aromatic carbocycles. The second kappa shape index (κ2) is 32.6. The van der Waals surface area contributed by atoms with Gasteiger partial charge in [-0.2, -0.15) is 0 Å². The van der Waals surface area contributed by atoms with E-state index in [1.807, 2.05) is 0 Å². The molecule has 0 radical (unpaired) electrons. The van der Waals surface area contributed by atoms with E-state index in [1.54, 1.807) is 20.2 Å². The SMILES string of the molecule is [I-].[InH2][I].[Na+].[Sc][I]. The van der Waals surface area contributed by atoms with Crippen LogP contribution in [0, 0.1) is 0 Å². The molecule has 6 heteroatoms. The first-order valence-electron chi connectivity index (χ1n) is 0.596. The summed E-state index contributed by atoms with van der Waals surface area (Å²) in [4.78, 5) is 0. The number of hydrogen-bond acceptors (Lipinski definition) is 0. The Kier molecular flexibility index (Phi) is 122. The third kappa shape index (κ3) is 23.1. The molecular weight excluding hydrogens is 563 g/mol. The van der Waals surface area contributed by atoms with Crippen molar-refractivity contribution in [3.8, 4) is 0 Å². The van der Waals surface area contributed by atoms with E-state index in [4.69, 9.17) is 0 Å². The van der Waals surface area contributed by atoms with Gasteiger partial charge in [0.15, 0.2) is 0 Å². The van der Waals surface area contributed by atoms with Crippen molar-refractivity contribution in [3.05, 3.63) is 0 Å². The van der Waals surface area contributed by atoms with Crippen LogP contribution < -0.4 is 53.5 Å². The summed E-state index contributed by atoms with van der Waals surface area (Å²) in [5.41, 5.74) is 0. The molecule has 0 aliphatic rings. The zero-order valence-corrected chi connectivity index (χ0v) is 19.7. The maximum absolute atomic E-state index is 2.36. The van der Waals surface area contributed by atoms with Crippen molar-refractivity contribution in [2.75, 3.05) is 0 Å². The Morgan fingerprint density at radius 3 is 1.17 bits per heavy atom. The molecule has 0 nitrogen and oxygen atoms in total. The summed E-state index contributed by atoms with van der Waals surface area (Å²) in [5.74, 6) is 0. The second-order valence-electron chi connectivity index (χ2n) is 0. The molecule has 0 aliphatic carbocycles. The van der Waals surface area contributed by atoms with Gasteiger partial charge in [-0.3, -0.25) is 0 Å². The fraction of sp³-hybridized carbons (Fsp3) is 0. The molecule has 30 valence electrons. The van der Waals surface area contributed by atoms with Crippen molar-refractivity contribution >= 4 is 56.5 Å². The molecule has 0 heterocycles. The second-order valence-corrected chi connectivity index (χ2v) is 0. The van der Waals surface area contributed by atoms with Crippen LogP contribution in [0.3, 0.4) is 0 Å². The topological polar surface area (TPSA) is 0 Å². The molecule has 0 unspecified atom stereocenters. The van der Waals surface area contributed by atoms with E-state index in [0.29, 0.717) is 0 Å². The number of rotatable bonds is 0. The Morgan fingerprint density at radius 1 is 1.17 bits per heavy atom. The Bertz CT molecular complexity index is 10.8. The van der Waals surface area contributed by atoms with Crippen LogP contribution in [0.4, 0.5) is 0 Å². The third-order valence-electron chi connectivity index (χ3n) is 0. The number of halogens is 3. The van der Waals surface area contributed by atoms with Crippen LogP contribution in [0.25, 0.3) is 0 Å². The zero-order valence-electron chi connectivity index (χ0n) is 3.71. The average molecular weight is 565 g/mol. The molecule has 0 amide bonds. The minimum absolute atomic E-state index is 0. The van der Waals surface area contributed by atoms with Gasteiger partial charge < -0.3 is 24.0 Å². The molecule has 0 atom stereocenters. The fourth-order valence-electron chi connectivity index (χ4n) is 0. The van der Waals surface area contributed by atoms with Gasteiger partial charge in [0.05, 0.1) is 0 Å². The Morgan fingerprint density at radius 2 is 1.17 bits per heavy atom. The van der Waals surface area contributed by atoms with Gasteiger partial charge in [0.1, 0.15) is 0 Å². The normalized spacial score (nSPS) is 1.50. The molecule has 0 aromatic heterocycles. The molecule has 0 rings (SSSR count). The Labute approximate surface area is 126 Å². The van der Waals surface area contributed by atoms with Crippen LogP contribution in [0.2, 0.25) is 0 Å². The first-order chi connectivity index (χ1) is 2.00. The van der Waals surface area contributed by atoms with Crippen molar-refractivity contribution in [1.82, 2.24) is 0 Å². The fourth-order valence-corrected chi connectivity index (χ4v) is 0. The summed E-state index contributed by atoms with van der Waals surface area (Å²) in [5, 5.41) is 0. The van der Waals surface area contributed by atoms with Crippen molar-refractivity contribution in [2.45, 2.75) is 0 Å². The quantitative estimate of drug-likeness (QED) is 0.204. The zero-order chi connectivity index (χ0) is 4.00. The molecule has 6 heavy (non-hydrogen) atoms. The van der Waals surface area contributed by atoms with Crippen LogP contribution in [0.1, 0.15) is 0 Å². The summed E-state index contributed by atoms with van der Waals surface area (Å²) >= 11 is 7.15. The number of hydrogen-bond donors (Lipinski definition) is 0. The maximum atomic E-state index is 2.36. The molecule has 0 saturated heterocycles. The molecule has 0 saturated carbocycles. The predicted octanol–water partition coefficient (Wildman–Crippen LogP) is -5.14. The predicted molar refractivity (Wildman–Crippen MR) is 36.6 cm³/mol. The van der Waals surface area contributed by atoms with Crippen molar-refractivity contribution < 1.29 is 73.8 Å². The van der Waals surface area contributed by atoms with Gasteiger partial charge in [0.25, 0.3) is 0 Å². The van der Waals surface area contributed by atoms with E-state index in [-0.39, 0.29) is 53.5 Å². The van der Waals surface area contributed by atoms with E-state index in [9.17, 15) is 0 Å². The minimum atomic E-state index is 0. The van der Waals surface area contributed by atoms with E-state index in [0.717, 1.165) is 20.2 Å². The summed E-state index contributed by atoms with van der Waals surface area (Å²) < 4.78 is 0. The molecule has 0 aromatic rings. The summed E-state index contributed by atoms with van der Waals surface area (Å²) in [6.45, 7) is 0. The molecule has 0 N–H and O–H groups in total. The van der Waals surface area contributed by atoms with Gasteiger partial charge in [-0.25, -0.2) is 0 Å². The van der Waals surface area contributed by atoms with Crippen LogP contribution in [-0.4, -0.2) is 20.2 Å². The monoisotopic (exact) mass is 566 g/mol. The molecule has 0 aliphatic heterocycles. The molecule has 0 bridgehead atoms. The Hall–Kier alpha value is 4.93. The Balaban J connectivity index is -0.00000000500. The first-order valence-corrected chi connectivity index (χ1v) is 23.0. The third-order valence-corrected chi connectivity index (χ3v) is 0. The average Bonchev–Trinajstić information content (AvgIpc) is 1.50. The van der Waals surface area contributed by atoms with Crippen molar-refractivity contribution in [3.63, 3.8) is 0 Å². The van der Waals surface area contributed by atoms with Crippen LogP contribution >= 0.6 is 36.3 Å². The summed E-state index contributed by atoms with van der Waals surface area (Å²) in [7, 11) is 0. The van der Waals surface area contributed by atoms with Crippen molar-refractivity contribution in [1.29, 1.82) is 0 Å². The van der Waals surface area contributed by atoms with Crippen LogP contribution in [0.5, 0.6) is 0 Å².